The van der Waals surface area contributed by atoms with Crippen LogP contribution in [0.3, 0.4) is 0 Å². The van der Waals surface area contributed by atoms with E-state index in [1.165, 1.54) is 5.56 Å². The summed E-state index contributed by atoms with van der Waals surface area (Å²) in [5, 5.41) is 11.2. The Balaban J connectivity index is 1.17. The van der Waals surface area contributed by atoms with Crippen molar-refractivity contribution < 1.29 is 4.79 Å². The van der Waals surface area contributed by atoms with Crippen molar-refractivity contribution in [3.05, 3.63) is 48.3 Å². The maximum atomic E-state index is 12.8. The number of likely N-dealkylation sites (tertiary alicyclic amines) is 2. The Morgan fingerprint density at radius 1 is 1.10 bits per heavy atom. The third kappa shape index (κ3) is 5.79. The molecule has 0 aliphatic carbocycles. The zero-order valence-corrected chi connectivity index (χ0v) is 17.1. The third-order valence-electron chi connectivity index (χ3n) is 6.20. The summed E-state index contributed by atoms with van der Waals surface area (Å²) >= 11 is 0. The van der Waals surface area contributed by atoms with Crippen molar-refractivity contribution in [3.8, 4) is 0 Å². The van der Waals surface area contributed by atoms with Gasteiger partial charge in [-0.05, 0) is 43.6 Å². The molecule has 2 amide bonds. The fourth-order valence-electron chi connectivity index (χ4n) is 4.49. The molecule has 0 spiro atoms. The predicted octanol–water partition coefficient (Wildman–Crippen LogP) is 2.41. The van der Waals surface area contributed by atoms with E-state index in [1.54, 1.807) is 6.20 Å². The largest absolute Gasteiger partial charge is 0.335 e. The molecule has 3 heterocycles. The molecule has 29 heavy (non-hydrogen) atoms. The highest BCUT2D eigenvalue weighted by molar-refractivity contribution is 5.74. The predicted molar refractivity (Wildman–Crippen MR) is 112 cm³/mol. The highest BCUT2D eigenvalue weighted by Crippen LogP contribution is 2.19. The van der Waals surface area contributed by atoms with Crippen LogP contribution >= 0.6 is 0 Å². The maximum absolute atomic E-state index is 12.8. The van der Waals surface area contributed by atoms with Crippen LogP contribution in [0.15, 0.2) is 42.7 Å². The van der Waals surface area contributed by atoms with E-state index in [-0.39, 0.29) is 6.03 Å². The van der Waals surface area contributed by atoms with Crippen LogP contribution in [-0.4, -0.2) is 69.6 Å². The van der Waals surface area contributed by atoms with Gasteiger partial charge in [0.05, 0.1) is 6.20 Å². The number of rotatable bonds is 6. The Morgan fingerprint density at radius 2 is 1.93 bits per heavy atom. The lowest BCUT2D eigenvalue weighted by Gasteiger charge is -2.36. The summed E-state index contributed by atoms with van der Waals surface area (Å²) in [6.07, 6.45) is 8.98. The molecule has 1 atom stereocenters. The van der Waals surface area contributed by atoms with Crippen LogP contribution in [0.4, 0.5) is 4.79 Å². The molecule has 1 N–H and O–H groups in total. The van der Waals surface area contributed by atoms with Crippen molar-refractivity contribution >= 4 is 6.03 Å². The zero-order valence-electron chi connectivity index (χ0n) is 17.1. The van der Waals surface area contributed by atoms with E-state index in [0.717, 1.165) is 71.4 Å². The standard InChI is InChI=1S/C22H32N6O/c29-22(27-12-4-7-20(17-27)18-28-16-11-23-25-28)24-21-9-14-26(15-10-21)13-8-19-5-2-1-3-6-19/h1-3,5-6,11,16,20-21H,4,7-10,12-15,17-18H2,(H,24,29). The first-order valence-electron chi connectivity index (χ1n) is 10.9. The molecule has 2 aliphatic heterocycles. The maximum Gasteiger partial charge on any atom is 0.317 e. The summed E-state index contributed by atoms with van der Waals surface area (Å²) in [5.74, 6) is 0.455. The molecular formula is C22H32N6O. The van der Waals surface area contributed by atoms with Crippen LogP contribution in [0.1, 0.15) is 31.2 Å². The number of urea groups is 1. The number of amides is 2. The molecule has 156 valence electrons. The van der Waals surface area contributed by atoms with Gasteiger partial charge in [-0.15, -0.1) is 5.10 Å². The molecule has 2 saturated heterocycles. The average molecular weight is 397 g/mol. The minimum Gasteiger partial charge on any atom is -0.335 e. The number of hydrogen-bond acceptors (Lipinski definition) is 4. The molecule has 0 radical (unpaired) electrons. The first kappa shape index (κ1) is 19.9. The molecule has 7 nitrogen and oxygen atoms in total. The highest BCUT2D eigenvalue weighted by atomic mass is 16.2. The lowest BCUT2D eigenvalue weighted by Crippen LogP contribution is -2.51. The number of hydrogen-bond donors (Lipinski definition) is 1. The zero-order chi connectivity index (χ0) is 19.9. The van der Waals surface area contributed by atoms with Crippen LogP contribution in [0.5, 0.6) is 0 Å². The smallest absolute Gasteiger partial charge is 0.317 e. The van der Waals surface area contributed by atoms with Gasteiger partial charge < -0.3 is 15.1 Å². The van der Waals surface area contributed by atoms with E-state index >= 15 is 0 Å². The number of piperidine rings is 2. The van der Waals surface area contributed by atoms with Crippen molar-refractivity contribution in [2.45, 2.75) is 44.7 Å². The van der Waals surface area contributed by atoms with E-state index < -0.39 is 0 Å². The van der Waals surface area contributed by atoms with Crippen LogP contribution < -0.4 is 5.32 Å². The van der Waals surface area contributed by atoms with Gasteiger partial charge in [0.2, 0.25) is 0 Å². The van der Waals surface area contributed by atoms with Gasteiger partial charge in [0.25, 0.3) is 0 Å². The number of aromatic nitrogens is 3. The van der Waals surface area contributed by atoms with E-state index in [2.05, 4.69) is 50.9 Å². The van der Waals surface area contributed by atoms with Gasteiger partial charge in [-0.2, -0.15) is 0 Å². The fourth-order valence-corrected chi connectivity index (χ4v) is 4.49. The fraction of sp³-hybridized carbons (Fsp3) is 0.591. The minimum atomic E-state index is 0.107. The molecule has 1 aromatic carbocycles. The summed E-state index contributed by atoms with van der Waals surface area (Å²) < 4.78 is 1.87. The second-order valence-electron chi connectivity index (χ2n) is 8.38. The first-order chi connectivity index (χ1) is 14.3. The molecule has 7 heteroatoms. The summed E-state index contributed by atoms with van der Waals surface area (Å²) in [7, 11) is 0. The molecule has 1 unspecified atom stereocenters. The second kappa shape index (κ2) is 9.87. The number of nitrogens with zero attached hydrogens (tertiary/aromatic N) is 5. The first-order valence-corrected chi connectivity index (χ1v) is 10.9. The molecular weight excluding hydrogens is 364 g/mol. The Labute approximate surface area is 173 Å². The molecule has 2 aliphatic rings. The lowest BCUT2D eigenvalue weighted by molar-refractivity contribution is 0.145. The number of carbonyl (C=O) groups is 1. The second-order valence-corrected chi connectivity index (χ2v) is 8.38. The minimum absolute atomic E-state index is 0.107. The molecule has 0 bridgehead atoms. The normalized spacial score (nSPS) is 21.2. The summed E-state index contributed by atoms with van der Waals surface area (Å²) in [4.78, 5) is 17.3. The Kier molecular flexibility index (Phi) is 6.77. The van der Waals surface area contributed by atoms with Gasteiger partial charge in [0, 0.05) is 51.5 Å². The van der Waals surface area contributed by atoms with Crippen LogP contribution in [-0.2, 0) is 13.0 Å². The summed E-state index contributed by atoms with van der Waals surface area (Å²) in [6, 6.07) is 11.1. The molecule has 1 aromatic heterocycles. The van der Waals surface area contributed by atoms with E-state index in [4.69, 9.17) is 0 Å². The van der Waals surface area contributed by atoms with E-state index in [1.807, 2.05) is 15.8 Å². The van der Waals surface area contributed by atoms with Crippen molar-refractivity contribution in [2.75, 3.05) is 32.7 Å². The molecule has 4 rings (SSSR count). The molecule has 0 saturated carbocycles. The Bertz CT molecular complexity index is 742. The van der Waals surface area contributed by atoms with Gasteiger partial charge >= 0.3 is 6.03 Å². The summed E-state index contributed by atoms with van der Waals surface area (Å²) in [5.41, 5.74) is 1.40. The Morgan fingerprint density at radius 3 is 2.69 bits per heavy atom. The SMILES string of the molecule is O=C(NC1CCN(CCc2ccccc2)CC1)N1CCCC(Cn2ccnn2)C1. The van der Waals surface area contributed by atoms with Crippen molar-refractivity contribution in [1.82, 2.24) is 30.1 Å². The average Bonchev–Trinajstić information content (AvgIpc) is 3.27. The quantitative estimate of drug-likeness (QED) is 0.814. The monoisotopic (exact) mass is 396 g/mol. The van der Waals surface area contributed by atoms with Gasteiger partial charge in [-0.3, -0.25) is 4.68 Å². The molecule has 2 aromatic rings. The van der Waals surface area contributed by atoms with Crippen molar-refractivity contribution in [2.24, 2.45) is 5.92 Å². The topological polar surface area (TPSA) is 66.3 Å². The van der Waals surface area contributed by atoms with Crippen LogP contribution in [0.2, 0.25) is 0 Å². The molecule has 2 fully saturated rings. The van der Waals surface area contributed by atoms with Crippen LogP contribution in [0, 0.1) is 5.92 Å². The Hall–Kier alpha value is -2.41. The third-order valence-corrected chi connectivity index (χ3v) is 6.20. The van der Waals surface area contributed by atoms with Crippen LogP contribution in [0.25, 0.3) is 0 Å². The number of nitrogens with one attached hydrogen (secondary N) is 1. The van der Waals surface area contributed by atoms with Gasteiger partial charge in [0.1, 0.15) is 0 Å². The summed E-state index contributed by atoms with van der Waals surface area (Å²) in [6.45, 7) is 5.72. The van der Waals surface area contributed by atoms with E-state index in [0.29, 0.717) is 12.0 Å². The highest BCUT2D eigenvalue weighted by Gasteiger charge is 2.27. The lowest BCUT2D eigenvalue weighted by atomic mass is 9.98. The van der Waals surface area contributed by atoms with Gasteiger partial charge in [-0.25, -0.2) is 4.79 Å². The van der Waals surface area contributed by atoms with Gasteiger partial charge in [-0.1, -0.05) is 35.5 Å². The number of benzene rings is 1. The number of carbonyl (C=O) groups excluding carboxylic acids is 1. The van der Waals surface area contributed by atoms with Gasteiger partial charge in [0.15, 0.2) is 0 Å². The van der Waals surface area contributed by atoms with Crippen molar-refractivity contribution in [1.29, 1.82) is 0 Å². The van der Waals surface area contributed by atoms with E-state index in [9.17, 15) is 4.79 Å². The van der Waals surface area contributed by atoms with Crippen molar-refractivity contribution in [3.63, 3.8) is 0 Å².